The third-order valence-corrected chi connectivity index (χ3v) is 3.66. The molecule has 19 heavy (non-hydrogen) atoms. The summed E-state index contributed by atoms with van der Waals surface area (Å²) >= 11 is 4.41. The van der Waals surface area contributed by atoms with Crippen molar-refractivity contribution >= 4 is 38.9 Å². The first kappa shape index (κ1) is 14.1. The predicted octanol–water partition coefficient (Wildman–Crippen LogP) is 3.44. The van der Waals surface area contributed by atoms with E-state index in [9.17, 15) is 9.18 Å². The summed E-state index contributed by atoms with van der Waals surface area (Å²) in [7, 11) is 1.57. The van der Waals surface area contributed by atoms with Gasteiger partial charge in [-0.2, -0.15) is 0 Å². The molecule has 0 bridgehead atoms. The standard InChI is InChI=1S/C12H10BrFN2O2S/c1-18-5-11-16-10(6-19-11)12(17)15-7-2-3-9(14)8(13)4-7/h2-4,6H,5H2,1H3,(H,15,17). The lowest BCUT2D eigenvalue weighted by atomic mass is 10.3. The van der Waals surface area contributed by atoms with Crippen LogP contribution in [-0.4, -0.2) is 18.0 Å². The van der Waals surface area contributed by atoms with Gasteiger partial charge >= 0.3 is 0 Å². The third kappa shape index (κ3) is 3.59. The molecule has 0 spiro atoms. The van der Waals surface area contributed by atoms with E-state index in [0.717, 1.165) is 5.01 Å². The third-order valence-electron chi connectivity index (χ3n) is 2.23. The highest BCUT2D eigenvalue weighted by Gasteiger charge is 2.11. The van der Waals surface area contributed by atoms with Crippen LogP contribution in [0.5, 0.6) is 0 Å². The highest BCUT2D eigenvalue weighted by Crippen LogP contribution is 2.20. The number of benzene rings is 1. The van der Waals surface area contributed by atoms with Crippen LogP contribution in [0, 0.1) is 5.82 Å². The molecule has 0 fully saturated rings. The lowest BCUT2D eigenvalue weighted by molar-refractivity contribution is 0.102. The lowest BCUT2D eigenvalue weighted by Crippen LogP contribution is -2.12. The molecule has 2 rings (SSSR count). The van der Waals surface area contributed by atoms with Crippen molar-refractivity contribution in [2.24, 2.45) is 0 Å². The van der Waals surface area contributed by atoms with Gasteiger partial charge in [-0.15, -0.1) is 11.3 Å². The molecule has 0 saturated heterocycles. The maximum absolute atomic E-state index is 13.1. The van der Waals surface area contributed by atoms with E-state index in [1.165, 1.54) is 29.5 Å². The summed E-state index contributed by atoms with van der Waals surface area (Å²) in [6, 6.07) is 4.26. The molecule has 0 unspecified atom stereocenters. The molecule has 0 aliphatic rings. The Morgan fingerprint density at radius 1 is 1.58 bits per heavy atom. The van der Waals surface area contributed by atoms with E-state index < -0.39 is 0 Å². The number of rotatable bonds is 4. The number of anilines is 1. The lowest BCUT2D eigenvalue weighted by Gasteiger charge is -2.04. The molecule has 1 aromatic carbocycles. The van der Waals surface area contributed by atoms with Crippen LogP contribution in [0.1, 0.15) is 15.5 Å². The SMILES string of the molecule is COCc1nc(C(=O)Nc2ccc(F)c(Br)c2)cs1. The zero-order valence-corrected chi connectivity index (χ0v) is 12.3. The summed E-state index contributed by atoms with van der Waals surface area (Å²) in [5.41, 5.74) is 0.817. The van der Waals surface area contributed by atoms with Crippen LogP contribution in [0.25, 0.3) is 0 Å². The first-order valence-corrected chi connectivity index (χ1v) is 6.97. The Hall–Kier alpha value is -1.31. The minimum absolute atomic E-state index is 0.295. The number of carbonyl (C=O) groups excluding carboxylic acids is 1. The van der Waals surface area contributed by atoms with Gasteiger partial charge in [-0.1, -0.05) is 0 Å². The Balaban J connectivity index is 2.09. The van der Waals surface area contributed by atoms with Crippen molar-refractivity contribution in [1.82, 2.24) is 4.98 Å². The fraction of sp³-hybridized carbons (Fsp3) is 0.167. The summed E-state index contributed by atoms with van der Waals surface area (Å²) < 4.78 is 18.3. The van der Waals surface area contributed by atoms with E-state index in [-0.39, 0.29) is 11.7 Å². The number of methoxy groups -OCH3 is 1. The summed E-state index contributed by atoms with van der Waals surface area (Å²) in [4.78, 5) is 16.0. The molecule has 1 amide bonds. The van der Waals surface area contributed by atoms with E-state index in [2.05, 4.69) is 26.2 Å². The van der Waals surface area contributed by atoms with Gasteiger partial charge in [0.25, 0.3) is 5.91 Å². The van der Waals surface area contributed by atoms with Crippen LogP contribution in [0.3, 0.4) is 0 Å². The van der Waals surface area contributed by atoms with Gasteiger partial charge in [0.05, 0.1) is 11.1 Å². The number of amides is 1. The number of nitrogens with zero attached hydrogens (tertiary/aromatic N) is 1. The second-order valence-corrected chi connectivity index (χ2v) is 5.44. The van der Waals surface area contributed by atoms with Gasteiger partial charge in [0.1, 0.15) is 16.5 Å². The number of halogens is 2. The second-order valence-electron chi connectivity index (χ2n) is 3.64. The number of aromatic nitrogens is 1. The summed E-state index contributed by atoms with van der Waals surface area (Å²) in [5, 5.41) is 5.03. The van der Waals surface area contributed by atoms with E-state index in [0.29, 0.717) is 22.5 Å². The molecule has 100 valence electrons. The van der Waals surface area contributed by atoms with Crippen LogP contribution < -0.4 is 5.32 Å². The quantitative estimate of drug-likeness (QED) is 0.924. The van der Waals surface area contributed by atoms with Crippen molar-refractivity contribution in [3.8, 4) is 0 Å². The average molecular weight is 345 g/mol. The molecule has 0 radical (unpaired) electrons. The van der Waals surface area contributed by atoms with Gasteiger partial charge in [0, 0.05) is 18.2 Å². The van der Waals surface area contributed by atoms with Gasteiger partial charge in [0.2, 0.25) is 0 Å². The monoisotopic (exact) mass is 344 g/mol. The maximum Gasteiger partial charge on any atom is 0.275 e. The molecule has 0 atom stereocenters. The predicted molar refractivity (Wildman–Crippen MR) is 74.9 cm³/mol. The van der Waals surface area contributed by atoms with Crippen molar-refractivity contribution in [1.29, 1.82) is 0 Å². The maximum atomic E-state index is 13.1. The number of nitrogens with one attached hydrogen (secondary N) is 1. The smallest absolute Gasteiger partial charge is 0.275 e. The van der Waals surface area contributed by atoms with Gasteiger partial charge in [-0.3, -0.25) is 4.79 Å². The van der Waals surface area contributed by atoms with E-state index in [4.69, 9.17) is 4.74 Å². The number of ether oxygens (including phenoxy) is 1. The normalized spacial score (nSPS) is 10.5. The number of carbonyl (C=O) groups is 1. The second kappa shape index (κ2) is 6.23. The van der Waals surface area contributed by atoms with Gasteiger partial charge in [-0.25, -0.2) is 9.37 Å². The topological polar surface area (TPSA) is 51.2 Å². The number of hydrogen-bond donors (Lipinski definition) is 1. The molecule has 2 aromatic rings. The van der Waals surface area contributed by atoms with Gasteiger partial charge in [-0.05, 0) is 34.1 Å². The Morgan fingerprint density at radius 2 is 2.37 bits per heavy atom. The van der Waals surface area contributed by atoms with E-state index in [1.807, 2.05) is 0 Å². The fourth-order valence-corrected chi connectivity index (χ4v) is 2.50. The minimum Gasteiger partial charge on any atom is -0.378 e. The molecule has 0 aliphatic carbocycles. The highest BCUT2D eigenvalue weighted by molar-refractivity contribution is 9.10. The molecule has 7 heteroatoms. The zero-order chi connectivity index (χ0) is 13.8. The Bertz CT molecular complexity index is 603. The Labute approximate surface area is 121 Å². The summed E-state index contributed by atoms with van der Waals surface area (Å²) in [5.74, 6) is -0.717. The van der Waals surface area contributed by atoms with Crippen molar-refractivity contribution in [3.05, 3.63) is 44.6 Å². The summed E-state index contributed by atoms with van der Waals surface area (Å²) in [6.07, 6.45) is 0. The average Bonchev–Trinajstić information content (AvgIpc) is 2.83. The van der Waals surface area contributed by atoms with Crippen LogP contribution >= 0.6 is 27.3 Å². The van der Waals surface area contributed by atoms with Crippen LogP contribution in [0.4, 0.5) is 10.1 Å². The van der Waals surface area contributed by atoms with Crippen molar-refractivity contribution in [2.45, 2.75) is 6.61 Å². The van der Waals surface area contributed by atoms with Crippen LogP contribution in [-0.2, 0) is 11.3 Å². The van der Waals surface area contributed by atoms with Crippen molar-refractivity contribution < 1.29 is 13.9 Å². The minimum atomic E-state index is -0.381. The molecule has 0 saturated carbocycles. The van der Waals surface area contributed by atoms with Crippen LogP contribution in [0.15, 0.2) is 28.1 Å². The fourth-order valence-electron chi connectivity index (χ4n) is 1.37. The molecule has 0 aliphatic heterocycles. The van der Waals surface area contributed by atoms with Gasteiger partial charge < -0.3 is 10.1 Å². The highest BCUT2D eigenvalue weighted by atomic mass is 79.9. The molecule has 1 N–H and O–H groups in total. The number of thiazole rings is 1. The van der Waals surface area contributed by atoms with Gasteiger partial charge in [0.15, 0.2) is 0 Å². The Kier molecular flexibility index (Phi) is 4.62. The molecule has 4 nitrogen and oxygen atoms in total. The summed E-state index contributed by atoms with van der Waals surface area (Å²) in [6.45, 7) is 0.375. The van der Waals surface area contributed by atoms with Crippen molar-refractivity contribution in [2.75, 3.05) is 12.4 Å². The van der Waals surface area contributed by atoms with Crippen LogP contribution in [0.2, 0.25) is 0 Å². The first-order chi connectivity index (χ1) is 9.10. The van der Waals surface area contributed by atoms with Crippen molar-refractivity contribution in [3.63, 3.8) is 0 Å². The molecular weight excluding hydrogens is 335 g/mol. The Morgan fingerprint density at radius 3 is 3.05 bits per heavy atom. The zero-order valence-electron chi connectivity index (χ0n) is 9.94. The first-order valence-electron chi connectivity index (χ1n) is 5.30. The van der Waals surface area contributed by atoms with E-state index in [1.54, 1.807) is 12.5 Å². The molecule has 1 aromatic heterocycles. The largest absolute Gasteiger partial charge is 0.378 e. The molecular formula is C12H10BrFN2O2S. The number of hydrogen-bond acceptors (Lipinski definition) is 4. The molecule has 1 heterocycles. The van der Waals surface area contributed by atoms with E-state index >= 15 is 0 Å².